The van der Waals surface area contributed by atoms with Crippen LogP contribution in [0.15, 0.2) is 36.4 Å². The molecule has 50 heavy (non-hydrogen) atoms. The highest BCUT2D eigenvalue weighted by Gasteiger charge is 2.39. The second kappa shape index (κ2) is 13.7. The first-order valence-electron chi connectivity index (χ1n) is 17.0. The third-order valence-electron chi connectivity index (χ3n) is 9.58. The number of nitrogens with zero attached hydrogens (tertiary/aromatic N) is 4. The molecule has 0 radical (unpaired) electrons. The summed E-state index contributed by atoms with van der Waals surface area (Å²) < 4.78 is 53.0. The Kier molecular flexibility index (Phi) is 9.85. The molecule has 2 amide bonds. The molecule has 4 heterocycles. The number of aromatic nitrogens is 4. The third kappa shape index (κ3) is 7.57. The van der Waals surface area contributed by atoms with Gasteiger partial charge in [0.05, 0.1) is 46.7 Å². The van der Waals surface area contributed by atoms with Gasteiger partial charge >= 0.3 is 0 Å². The summed E-state index contributed by atoms with van der Waals surface area (Å²) >= 11 is 0. The van der Waals surface area contributed by atoms with Crippen LogP contribution in [0.1, 0.15) is 77.1 Å². The Morgan fingerprint density at radius 3 is 1.42 bits per heavy atom. The monoisotopic (exact) mass is 726 g/mol. The molecule has 0 aliphatic carbocycles. The second-order valence-corrected chi connectivity index (χ2v) is 17.9. The van der Waals surface area contributed by atoms with E-state index in [-0.39, 0.29) is 35.7 Å². The number of amides is 2. The van der Waals surface area contributed by atoms with Gasteiger partial charge in [0.2, 0.25) is 31.9 Å². The van der Waals surface area contributed by atoms with Gasteiger partial charge in [-0.25, -0.2) is 36.2 Å². The van der Waals surface area contributed by atoms with Crippen molar-refractivity contribution in [3.05, 3.63) is 48.0 Å². The lowest BCUT2D eigenvalue weighted by Gasteiger charge is -2.29. The van der Waals surface area contributed by atoms with Crippen molar-refractivity contribution in [1.82, 2.24) is 39.2 Å². The van der Waals surface area contributed by atoms with Crippen LogP contribution in [0.25, 0.3) is 33.2 Å². The number of carbonyl (C=O) groups is 2. The number of benzene rings is 2. The molecule has 2 saturated heterocycles. The molecule has 0 spiro atoms. The van der Waals surface area contributed by atoms with E-state index in [2.05, 4.69) is 19.4 Å². The summed E-state index contributed by atoms with van der Waals surface area (Å²) in [5.74, 6) is 0.386. The number of hydrogen-bond donors (Lipinski definition) is 4. The van der Waals surface area contributed by atoms with Crippen LogP contribution in [0, 0.1) is 11.8 Å². The van der Waals surface area contributed by atoms with Crippen LogP contribution in [0.2, 0.25) is 0 Å². The molecule has 4 N–H and O–H groups in total. The van der Waals surface area contributed by atoms with Crippen molar-refractivity contribution in [2.75, 3.05) is 25.6 Å². The largest absolute Gasteiger partial charge is 0.340 e. The fourth-order valence-corrected chi connectivity index (χ4v) is 8.79. The van der Waals surface area contributed by atoms with E-state index in [0.29, 0.717) is 24.7 Å². The van der Waals surface area contributed by atoms with E-state index in [1.165, 1.54) is 0 Å². The molecule has 2 aromatic carbocycles. The minimum absolute atomic E-state index is 0.221. The van der Waals surface area contributed by atoms with Crippen molar-refractivity contribution in [3.63, 3.8) is 0 Å². The summed E-state index contributed by atoms with van der Waals surface area (Å²) in [5, 5.41) is 0. The van der Waals surface area contributed by atoms with Crippen molar-refractivity contribution in [3.8, 4) is 11.1 Å². The quantitative estimate of drug-likeness (QED) is 0.180. The van der Waals surface area contributed by atoms with Gasteiger partial charge in [-0.2, -0.15) is 0 Å². The molecule has 2 aromatic heterocycles. The van der Waals surface area contributed by atoms with Crippen molar-refractivity contribution in [1.29, 1.82) is 0 Å². The number of imidazole rings is 2. The van der Waals surface area contributed by atoms with Gasteiger partial charge in [0.25, 0.3) is 0 Å². The van der Waals surface area contributed by atoms with Gasteiger partial charge in [0.1, 0.15) is 23.7 Å². The fraction of sp³-hybridized carbons (Fsp3) is 0.529. The molecule has 0 saturated carbocycles. The number of aromatic amines is 2. The number of nitrogens with one attached hydrogen (secondary N) is 4. The average Bonchev–Trinajstić information content (AvgIpc) is 3.84. The van der Waals surface area contributed by atoms with Crippen LogP contribution in [-0.4, -0.2) is 96.1 Å². The van der Waals surface area contributed by atoms with E-state index >= 15 is 0 Å². The molecule has 2 fully saturated rings. The van der Waals surface area contributed by atoms with E-state index in [1.807, 2.05) is 64.1 Å². The summed E-state index contributed by atoms with van der Waals surface area (Å²) in [6.07, 6.45) is 5.15. The van der Waals surface area contributed by atoms with Gasteiger partial charge in [0.15, 0.2) is 0 Å². The van der Waals surface area contributed by atoms with E-state index in [0.717, 1.165) is 71.4 Å². The zero-order valence-corrected chi connectivity index (χ0v) is 30.9. The average molecular weight is 727 g/mol. The van der Waals surface area contributed by atoms with Crippen molar-refractivity contribution in [2.45, 2.75) is 77.5 Å². The van der Waals surface area contributed by atoms with Gasteiger partial charge in [-0.05, 0) is 72.9 Å². The highest BCUT2D eigenvalue weighted by molar-refractivity contribution is 7.89. The summed E-state index contributed by atoms with van der Waals surface area (Å²) in [6.45, 7) is 8.34. The van der Waals surface area contributed by atoms with Crippen LogP contribution < -0.4 is 9.44 Å². The smallest absolute Gasteiger partial charge is 0.241 e. The molecule has 270 valence electrons. The number of carbonyl (C=O) groups excluding carboxylic acids is 2. The SMILES string of the molecule is CC(C)[C@H](NS(C)(=O)=O)C(=O)N1CCC[C@H]1c1nc2ccc(-c3ccc4nc([C@@H]5CCCN5C(=O)[C@@H](NS(C)(=O)=O)C(C)C)[nH]c4c3)cc2[nH]1. The van der Waals surface area contributed by atoms with Gasteiger partial charge < -0.3 is 19.8 Å². The number of likely N-dealkylation sites (tertiary alicyclic amines) is 2. The van der Waals surface area contributed by atoms with E-state index in [1.54, 1.807) is 9.80 Å². The Morgan fingerprint density at radius 2 is 1.08 bits per heavy atom. The number of H-pyrrole nitrogens is 2. The standard InChI is InChI=1S/C34H46N8O6S2/c1-19(2)29(39-49(5,45)46)33(43)41-15-7-9-27(41)31-35-23-13-11-21(17-25(23)37-31)22-12-14-24-26(18-22)38-32(36-24)28-10-8-16-42(28)34(44)30(20(3)4)40-50(6,47)48/h11-14,17-20,27-30,39-40H,7-10,15-16H2,1-6H3,(H,35,37)(H,36,38)/t27-,28-,29-,30-/m0/s1. The Balaban J connectivity index is 1.23. The summed E-state index contributed by atoms with van der Waals surface area (Å²) in [5.41, 5.74) is 5.06. The molecule has 6 rings (SSSR count). The number of hydrogen-bond acceptors (Lipinski definition) is 8. The summed E-state index contributed by atoms with van der Waals surface area (Å²) in [7, 11) is -7.15. The second-order valence-electron chi connectivity index (χ2n) is 14.3. The maximum absolute atomic E-state index is 13.6. The van der Waals surface area contributed by atoms with Gasteiger partial charge in [0, 0.05) is 13.1 Å². The molecule has 4 aromatic rings. The first kappa shape index (κ1) is 35.9. The van der Waals surface area contributed by atoms with Crippen LogP contribution in [0.4, 0.5) is 0 Å². The summed E-state index contributed by atoms with van der Waals surface area (Å²) in [6, 6.07) is 9.61. The molecule has 4 atom stereocenters. The summed E-state index contributed by atoms with van der Waals surface area (Å²) in [4.78, 5) is 47.1. The minimum Gasteiger partial charge on any atom is -0.340 e. The topological polar surface area (TPSA) is 190 Å². The van der Waals surface area contributed by atoms with E-state index in [9.17, 15) is 26.4 Å². The molecular formula is C34H46N8O6S2. The predicted octanol–water partition coefficient (Wildman–Crippen LogP) is 3.58. The number of rotatable bonds is 11. The van der Waals surface area contributed by atoms with Crippen LogP contribution in [-0.2, 0) is 29.6 Å². The number of fused-ring (bicyclic) bond motifs is 2. The maximum atomic E-state index is 13.6. The molecule has 0 bridgehead atoms. The fourth-order valence-electron chi connectivity index (χ4n) is 7.12. The van der Waals surface area contributed by atoms with Crippen molar-refractivity contribution < 1.29 is 26.4 Å². The first-order chi connectivity index (χ1) is 23.5. The maximum Gasteiger partial charge on any atom is 0.241 e. The first-order valence-corrected chi connectivity index (χ1v) is 20.8. The highest BCUT2D eigenvalue weighted by Crippen LogP contribution is 2.36. The zero-order chi connectivity index (χ0) is 36.1. The predicted molar refractivity (Wildman–Crippen MR) is 192 cm³/mol. The van der Waals surface area contributed by atoms with Gasteiger partial charge in [-0.1, -0.05) is 39.8 Å². The Bertz CT molecular complexity index is 1990. The van der Waals surface area contributed by atoms with Crippen molar-refractivity contribution >= 4 is 53.9 Å². The van der Waals surface area contributed by atoms with E-state index < -0.39 is 32.1 Å². The van der Waals surface area contributed by atoms with Gasteiger partial charge in [-0.15, -0.1) is 0 Å². The Morgan fingerprint density at radius 1 is 0.700 bits per heavy atom. The van der Waals surface area contributed by atoms with Crippen LogP contribution >= 0.6 is 0 Å². The Labute approximate surface area is 292 Å². The normalized spacial score (nSPS) is 20.1. The molecular weight excluding hydrogens is 681 g/mol. The van der Waals surface area contributed by atoms with E-state index in [4.69, 9.17) is 9.97 Å². The van der Waals surface area contributed by atoms with Crippen LogP contribution in [0.5, 0.6) is 0 Å². The Hall–Kier alpha value is -3.86. The van der Waals surface area contributed by atoms with Gasteiger partial charge in [-0.3, -0.25) is 9.59 Å². The molecule has 0 unspecified atom stereocenters. The lowest BCUT2D eigenvalue weighted by Crippen LogP contribution is -2.50. The number of sulfonamides is 2. The molecule has 14 nitrogen and oxygen atoms in total. The highest BCUT2D eigenvalue weighted by atomic mass is 32.2. The molecule has 2 aliphatic heterocycles. The third-order valence-corrected chi connectivity index (χ3v) is 10.9. The molecule has 16 heteroatoms. The van der Waals surface area contributed by atoms with Crippen molar-refractivity contribution in [2.24, 2.45) is 11.8 Å². The zero-order valence-electron chi connectivity index (χ0n) is 29.2. The lowest BCUT2D eigenvalue weighted by molar-refractivity contribution is -0.135. The molecule has 2 aliphatic rings. The minimum atomic E-state index is -3.57. The lowest BCUT2D eigenvalue weighted by atomic mass is 10.0. The van der Waals surface area contributed by atoms with Crippen LogP contribution in [0.3, 0.4) is 0 Å².